The van der Waals surface area contributed by atoms with Gasteiger partial charge in [0.2, 0.25) is 0 Å². The fraction of sp³-hybridized carbons (Fsp3) is 0.0833. The lowest BCUT2D eigenvalue weighted by molar-refractivity contribution is 0.601. The highest BCUT2D eigenvalue weighted by molar-refractivity contribution is 9.11. The fourth-order valence-corrected chi connectivity index (χ4v) is 4.77. The van der Waals surface area contributed by atoms with Crippen LogP contribution in [0.25, 0.3) is 11.0 Å². The van der Waals surface area contributed by atoms with E-state index in [0.29, 0.717) is 21.2 Å². The van der Waals surface area contributed by atoms with Gasteiger partial charge in [0.05, 0.1) is 21.9 Å². The second-order valence-electron chi connectivity index (χ2n) is 4.38. The van der Waals surface area contributed by atoms with Crippen LogP contribution in [-0.2, 0) is 10.0 Å². The molecule has 0 bridgehead atoms. The number of hydrogen-bond donors (Lipinski definition) is 1. The van der Waals surface area contributed by atoms with E-state index in [1.165, 1.54) is 6.07 Å². The quantitative estimate of drug-likeness (QED) is 0.639. The van der Waals surface area contributed by atoms with E-state index in [0.717, 1.165) is 16.2 Å². The van der Waals surface area contributed by atoms with Crippen LogP contribution < -0.4 is 4.72 Å². The molecule has 0 saturated carbocycles. The van der Waals surface area contributed by atoms with Crippen LogP contribution >= 0.6 is 43.6 Å². The van der Waals surface area contributed by atoms with Crippen molar-refractivity contribution in [1.82, 2.24) is 13.7 Å². The first-order chi connectivity index (χ1) is 10.4. The predicted molar refractivity (Wildman–Crippen MR) is 92.6 cm³/mol. The Morgan fingerprint density at radius 3 is 2.73 bits per heavy atom. The van der Waals surface area contributed by atoms with E-state index in [-0.39, 0.29) is 10.7 Å². The molecule has 6 nitrogen and oxygen atoms in total. The smallest absolute Gasteiger partial charge is 0.262 e. The van der Waals surface area contributed by atoms with E-state index in [1.54, 1.807) is 25.1 Å². The number of anilines is 1. The number of nitrogens with zero attached hydrogens (tertiary/aromatic N) is 3. The second-order valence-corrected chi connectivity index (χ2v) is 8.27. The van der Waals surface area contributed by atoms with Gasteiger partial charge in [-0.3, -0.25) is 4.72 Å². The van der Waals surface area contributed by atoms with E-state index >= 15 is 0 Å². The van der Waals surface area contributed by atoms with Crippen molar-refractivity contribution in [2.75, 3.05) is 4.72 Å². The zero-order valence-corrected chi connectivity index (χ0v) is 15.8. The molecule has 3 rings (SSSR count). The summed E-state index contributed by atoms with van der Waals surface area (Å²) in [5, 5.41) is 0. The summed E-state index contributed by atoms with van der Waals surface area (Å²) in [6.07, 6.45) is 0. The van der Waals surface area contributed by atoms with Crippen molar-refractivity contribution in [3.63, 3.8) is 0 Å². The molecule has 3 aromatic rings. The molecule has 0 aliphatic rings. The van der Waals surface area contributed by atoms with Gasteiger partial charge in [0.15, 0.2) is 5.82 Å². The molecule has 0 amide bonds. The molecule has 2 aromatic heterocycles. The molecule has 0 fully saturated rings. The number of sulfonamides is 1. The third kappa shape index (κ3) is 2.87. The SMILES string of the molecule is Cc1nc(NS(=O)(=O)c2cccc3nsnc23)c(Br)cc1Br. The Balaban J connectivity index is 2.08. The molecular weight excluding hydrogens is 456 g/mol. The molecule has 114 valence electrons. The highest BCUT2D eigenvalue weighted by Gasteiger charge is 2.21. The van der Waals surface area contributed by atoms with Gasteiger partial charge in [0.25, 0.3) is 10.0 Å². The van der Waals surface area contributed by atoms with Crippen LogP contribution in [0, 0.1) is 6.92 Å². The van der Waals surface area contributed by atoms with Crippen LogP contribution in [0.5, 0.6) is 0 Å². The van der Waals surface area contributed by atoms with Crippen LogP contribution in [0.15, 0.2) is 38.1 Å². The molecule has 0 atom stereocenters. The van der Waals surface area contributed by atoms with Gasteiger partial charge in [-0.05, 0) is 57.0 Å². The Hall–Kier alpha value is -1.10. The molecule has 0 saturated heterocycles. The number of hydrogen-bond acceptors (Lipinski definition) is 6. The number of nitrogens with one attached hydrogen (secondary N) is 1. The topological polar surface area (TPSA) is 84.8 Å². The average Bonchev–Trinajstić information content (AvgIpc) is 2.92. The van der Waals surface area contributed by atoms with E-state index in [4.69, 9.17) is 0 Å². The standard InChI is InChI=1S/C12H8Br2N4O2S2/c1-6-7(13)5-8(14)12(15-6)18-22(19,20)10-4-2-3-9-11(10)17-21-16-9/h2-5H,1H3,(H,15,18). The maximum absolute atomic E-state index is 12.6. The van der Waals surface area contributed by atoms with Crippen molar-refractivity contribution in [2.24, 2.45) is 0 Å². The van der Waals surface area contributed by atoms with Crippen LogP contribution in [0.1, 0.15) is 5.69 Å². The van der Waals surface area contributed by atoms with Gasteiger partial charge in [-0.25, -0.2) is 13.4 Å². The monoisotopic (exact) mass is 462 g/mol. The average molecular weight is 464 g/mol. The normalized spacial score (nSPS) is 11.8. The Morgan fingerprint density at radius 2 is 1.95 bits per heavy atom. The Labute approximate surface area is 147 Å². The zero-order chi connectivity index (χ0) is 15.9. The van der Waals surface area contributed by atoms with Crippen molar-refractivity contribution >= 4 is 70.5 Å². The first kappa shape index (κ1) is 15.8. The lowest BCUT2D eigenvalue weighted by Crippen LogP contribution is -2.15. The van der Waals surface area contributed by atoms with Gasteiger partial charge in [0.1, 0.15) is 15.9 Å². The van der Waals surface area contributed by atoms with E-state index in [9.17, 15) is 8.42 Å². The van der Waals surface area contributed by atoms with Crippen LogP contribution in [-0.4, -0.2) is 22.1 Å². The fourth-order valence-electron chi connectivity index (χ4n) is 1.81. The Bertz CT molecular complexity index is 972. The number of fused-ring (bicyclic) bond motifs is 1. The van der Waals surface area contributed by atoms with E-state index < -0.39 is 10.0 Å². The third-order valence-electron chi connectivity index (χ3n) is 2.87. The molecule has 10 heteroatoms. The first-order valence-electron chi connectivity index (χ1n) is 5.95. The first-order valence-corrected chi connectivity index (χ1v) is 9.75. The molecule has 0 aliphatic heterocycles. The van der Waals surface area contributed by atoms with Crippen molar-refractivity contribution < 1.29 is 8.42 Å². The minimum absolute atomic E-state index is 0.0769. The number of rotatable bonds is 3. The number of pyridine rings is 1. The highest BCUT2D eigenvalue weighted by Crippen LogP contribution is 2.29. The summed E-state index contributed by atoms with van der Waals surface area (Å²) in [5.41, 5.74) is 1.58. The summed E-state index contributed by atoms with van der Waals surface area (Å²) in [5.74, 6) is 0.223. The van der Waals surface area contributed by atoms with Crippen molar-refractivity contribution in [3.8, 4) is 0 Å². The summed E-state index contributed by atoms with van der Waals surface area (Å²) in [4.78, 5) is 4.31. The summed E-state index contributed by atoms with van der Waals surface area (Å²) in [7, 11) is -3.82. The molecule has 1 aromatic carbocycles. The van der Waals surface area contributed by atoms with Crippen molar-refractivity contribution in [2.45, 2.75) is 11.8 Å². The van der Waals surface area contributed by atoms with Gasteiger partial charge >= 0.3 is 0 Å². The van der Waals surface area contributed by atoms with E-state index in [2.05, 4.69) is 50.3 Å². The lowest BCUT2D eigenvalue weighted by atomic mass is 10.3. The van der Waals surface area contributed by atoms with Crippen molar-refractivity contribution in [3.05, 3.63) is 38.9 Å². The molecule has 0 spiro atoms. The minimum atomic E-state index is -3.82. The summed E-state index contributed by atoms with van der Waals surface area (Å²) in [6.45, 7) is 1.78. The number of aryl methyl sites for hydroxylation is 1. The van der Waals surface area contributed by atoms with E-state index in [1.807, 2.05) is 0 Å². The van der Waals surface area contributed by atoms with Crippen LogP contribution in [0.3, 0.4) is 0 Å². The van der Waals surface area contributed by atoms with Crippen molar-refractivity contribution in [1.29, 1.82) is 0 Å². The maximum Gasteiger partial charge on any atom is 0.265 e. The highest BCUT2D eigenvalue weighted by atomic mass is 79.9. The largest absolute Gasteiger partial charge is 0.265 e. The Morgan fingerprint density at radius 1 is 1.18 bits per heavy atom. The molecule has 0 radical (unpaired) electrons. The molecule has 0 unspecified atom stereocenters. The minimum Gasteiger partial charge on any atom is -0.262 e. The number of aromatic nitrogens is 3. The molecule has 2 heterocycles. The maximum atomic E-state index is 12.6. The number of halogens is 2. The van der Waals surface area contributed by atoms with Gasteiger partial charge in [-0.2, -0.15) is 8.75 Å². The van der Waals surface area contributed by atoms with Gasteiger partial charge < -0.3 is 0 Å². The van der Waals surface area contributed by atoms with Crippen LogP contribution in [0.2, 0.25) is 0 Å². The summed E-state index contributed by atoms with van der Waals surface area (Å²) >= 11 is 7.62. The van der Waals surface area contributed by atoms with Crippen LogP contribution in [0.4, 0.5) is 5.82 Å². The molecule has 22 heavy (non-hydrogen) atoms. The van der Waals surface area contributed by atoms with Gasteiger partial charge in [-0.1, -0.05) is 6.07 Å². The van der Waals surface area contributed by atoms with Gasteiger partial charge in [-0.15, -0.1) is 0 Å². The zero-order valence-electron chi connectivity index (χ0n) is 11.0. The summed E-state index contributed by atoms with van der Waals surface area (Å²) in [6, 6.07) is 6.58. The molecule has 0 aliphatic carbocycles. The van der Waals surface area contributed by atoms with Gasteiger partial charge in [0, 0.05) is 4.47 Å². The number of benzene rings is 1. The molecule has 1 N–H and O–H groups in total. The summed E-state index contributed by atoms with van der Waals surface area (Å²) < 4.78 is 37.1. The predicted octanol–water partition coefficient (Wildman–Crippen LogP) is 3.72. The lowest BCUT2D eigenvalue weighted by Gasteiger charge is -2.10. The Kier molecular flexibility index (Phi) is 4.19. The second kappa shape index (κ2) is 5.84. The third-order valence-corrected chi connectivity index (χ3v) is 6.19. The molecular formula is C12H8Br2N4O2S2.